The lowest BCUT2D eigenvalue weighted by Crippen LogP contribution is -2.28. The summed E-state index contributed by atoms with van der Waals surface area (Å²) in [7, 11) is 1.80. The van der Waals surface area contributed by atoms with Crippen LogP contribution < -0.4 is 0 Å². The molecule has 0 saturated heterocycles. The minimum absolute atomic E-state index is 0.0207. The van der Waals surface area contributed by atoms with Crippen LogP contribution in [-0.4, -0.2) is 48.1 Å². The summed E-state index contributed by atoms with van der Waals surface area (Å²) in [5.74, 6) is 6.32. The molecule has 1 heterocycles. The van der Waals surface area contributed by atoms with E-state index in [4.69, 9.17) is 5.11 Å². The molecule has 0 aliphatic carbocycles. The number of carbonyl (C=O) groups excluding carboxylic acids is 1. The lowest BCUT2D eigenvalue weighted by atomic mass is 10.3. The van der Waals surface area contributed by atoms with Gasteiger partial charge < -0.3 is 10.0 Å². The first kappa shape index (κ1) is 14.1. The molecule has 92 valence electrons. The van der Waals surface area contributed by atoms with Gasteiger partial charge in [-0.15, -0.1) is 11.3 Å². The van der Waals surface area contributed by atoms with Gasteiger partial charge in [0.25, 0.3) is 5.91 Å². The van der Waals surface area contributed by atoms with E-state index in [1.54, 1.807) is 35.2 Å². The van der Waals surface area contributed by atoms with Gasteiger partial charge in [-0.25, -0.2) is 0 Å². The van der Waals surface area contributed by atoms with Crippen LogP contribution in [0, 0.1) is 11.8 Å². The number of nitrogens with zero attached hydrogens (tertiary/aromatic N) is 1. The van der Waals surface area contributed by atoms with E-state index in [2.05, 4.69) is 11.8 Å². The molecule has 1 aromatic heterocycles. The lowest BCUT2D eigenvalue weighted by molar-refractivity contribution is 0.0804. The molecular weight excluding hydrogens is 254 g/mol. The average Bonchev–Trinajstić information content (AvgIpc) is 2.81. The van der Waals surface area contributed by atoms with Gasteiger partial charge in [0.15, 0.2) is 0 Å². The van der Waals surface area contributed by atoms with E-state index in [0.717, 1.165) is 17.2 Å². The number of thioether (sulfide) groups is 1. The van der Waals surface area contributed by atoms with Crippen molar-refractivity contribution in [1.29, 1.82) is 0 Å². The van der Waals surface area contributed by atoms with Crippen LogP contribution in [0.2, 0.25) is 0 Å². The Hall–Kier alpha value is -0.960. The molecule has 5 heteroatoms. The Morgan fingerprint density at radius 2 is 2.41 bits per heavy atom. The summed E-state index contributed by atoms with van der Waals surface area (Å²) in [6, 6.07) is 1.77. The van der Waals surface area contributed by atoms with Gasteiger partial charge in [-0.3, -0.25) is 4.79 Å². The van der Waals surface area contributed by atoms with Crippen LogP contribution in [0.25, 0.3) is 0 Å². The van der Waals surface area contributed by atoms with Gasteiger partial charge in [0.1, 0.15) is 6.61 Å². The molecule has 0 atom stereocenters. The highest BCUT2D eigenvalue weighted by atomic mass is 32.2. The maximum absolute atomic E-state index is 12.0. The van der Waals surface area contributed by atoms with E-state index in [9.17, 15) is 4.79 Å². The average molecular weight is 269 g/mol. The Balaban J connectivity index is 2.66. The van der Waals surface area contributed by atoms with E-state index in [0.29, 0.717) is 5.56 Å². The van der Waals surface area contributed by atoms with Crippen molar-refractivity contribution in [3.05, 3.63) is 21.9 Å². The maximum Gasteiger partial charge on any atom is 0.254 e. The van der Waals surface area contributed by atoms with Crippen molar-refractivity contribution in [2.24, 2.45) is 0 Å². The van der Waals surface area contributed by atoms with Gasteiger partial charge in [0, 0.05) is 24.7 Å². The summed E-state index contributed by atoms with van der Waals surface area (Å²) in [6.45, 7) is 0.586. The number of carbonyl (C=O) groups is 1. The summed E-state index contributed by atoms with van der Waals surface area (Å²) in [4.78, 5) is 14.5. The first-order valence-corrected chi connectivity index (χ1v) is 7.39. The van der Waals surface area contributed by atoms with E-state index < -0.39 is 0 Å². The first-order chi connectivity index (χ1) is 8.19. The fourth-order valence-corrected chi connectivity index (χ4v) is 2.40. The normalized spacial score (nSPS) is 9.59. The zero-order chi connectivity index (χ0) is 12.7. The van der Waals surface area contributed by atoms with Crippen molar-refractivity contribution < 1.29 is 9.90 Å². The third kappa shape index (κ3) is 4.43. The smallest absolute Gasteiger partial charge is 0.254 e. The van der Waals surface area contributed by atoms with Crippen LogP contribution in [0.5, 0.6) is 0 Å². The molecule has 0 spiro atoms. The van der Waals surface area contributed by atoms with E-state index in [1.807, 2.05) is 6.26 Å². The molecule has 1 N–H and O–H groups in total. The summed E-state index contributed by atoms with van der Waals surface area (Å²) in [5, 5.41) is 10.4. The topological polar surface area (TPSA) is 40.5 Å². The summed E-state index contributed by atoms with van der Waals surface area (Å²) < 4.78 is 0. The largest absolute Gasteiger partial charge is 0.384 e. The van der Waals surface area contributed by atoms with Crippen LogP contribution in [0.4, 0.5) is 0 Å². The van der Waals surface area contributed by atoms with Crippen LogP contribution in [-0.2, 0) is 0 Å². The van der Waals surface area contributed by atoms with Gasteiger partial charge in [0.2, 0.25) is 0 Å². The molecule has 0 radical (unpaired) electrons. The Morgan fingerprint density at radius 3 is 3.06 bits per heavy atom. The van der Waals surface area contributed by atoms with Gasteiger partial charge in [0.05, 0.1) is 10.4 Å². The highest BCUT2D eigenvalue weighted by Gasteiger charge is 2.12. The molecule has 0 aliphatic heterocycles. The minimum Gasteiger partial charge on any atom is -0.384 e. The Labute approximate surface area is 110 Å². The van der Waals surface area contributed by atoms with Crippen molar-refractivity contribution >= 4 is 29.0 Å². The van der Waals surface area contributed by atoms with Crippen molar-refractivity contribution in [1.82, 2.24) is 4.90 Å². The van der Waals surface area contributed by atoms with Crippen molar-refractivity contribution in [2.75, 3.05) is 32.2 Å². The van der Waals surface area contributed by atoms with E-state index >= 15 is 0 Å². The minimum atomic E-state index is -0.158. The molecule has 1 aromatic rings. The molecule has 0 saturated carbocycles. The molecule has 0 aliphatic rings. The lowest BCUT2D eigenvalue weighted by Gasteiger charge is -2.15. The number of aliphatic hydroxyl groups excluding tert-OH is 1. The Morgan fingerprint density at radius 1 is 1.65 bits per heavy atom. The molecule has 17 heavy (non-hydrogen) atoms. The molecule has 1 rings (SSSR count). The summed E-state index contributed by atoms with van der Waals surface area (Å²) >= 11 is 3.14. The molecule has 3 nitrogen and oxygen atoms in total. The fraction of sp³-hybridized carbons (Fsp3) is 0.417. The number of thiophene rings is 1. The van der Waals surface area contributed by atoms with Crippen molar-refractivity contribution in [2.45, 2.75) is 0 Å². The molecule has 0 unspecified atom stereocenters. The van der Waals surface area contributed by atoms with Crippen LogP contribution in [0.3, 0.4) is 0 Å². The quantitative estimate of drug-likeness (QED) is 0.843. The number of rotatable bonds is 4. The predicted octanol–water partition coefficient (Wildman–Crippen LogP) is 1.53. The number of amides is 1. The second-order valence-electron chi connectivity index (χ2n) is 3.38. The predicted molar refractivity (Wildman–Crippen MR) is 73.6 cm³/mol. The van der Waals surface area contributed by atoms with E-state index in [-0.39, 0.29) is 12.5 Å². The monoisotopic (exact) mass is 269 g/mol. The molecule has 1 amide bonds. The third-order valence-corrected chi connectivity index (χ3v) is 3.55. The highest BCUT2D eigenvalue weighted by Crippen LogP contribution is 2.15. The Kier molecular flexibility index (Phi) is 6.12. The van der Waals surface area contributed by atoms with Gasteiger partial charge >= 0.3 is 0 Å². The molecular formula is C12H15NO2S2. The van der Waals surface area contributed by atoms with Gasteiger partial charge in [-0.2, -0.15) is 11.8 Å². The summed E-state index contributed by atoms with van der Waals surface area (Å²) in [5.41, 5.74) is 0.667. The van der Waals surface area contributed by atoms with Crippen molar-refractivity contribution in [3.63, 3.8) is 0 Å². The zero-order valence-corrected chi connectivity index (χ0v) is 11.5. The van der Waals surface area contributed by atoms with Crippen LogP contribution >= 0.6 is 23.1 Å². The second-order valence-corrected chi connectivity index (χ2v) is 5.28. The van der Waals surface area contributed by atoms with Gasteiger partial charge in [-0.1, -0.05) is 11.8 Å². The fourth-order valence-electron chi connectivity index (χ4n) is 1.19. The number of hydrogen-bond acceptors (Lipinski definition) is 4. The van der Waals surface area contributed by atoms with Crippen LogP contribution in [0.15, 0.2) is 11.4 Å². The maximum atomic E-state index is 12.0. The standard InChI is InChI=1S/C12H15NO2S2/c1-13(5-7-16-2)12(15)10-8-11(17-9-10)4-3-6-14/h8-9,14H,5-7H2,1-2H3. The molecule has 0 aromatic carbocycles. The molecule has 0 fully saturated rings. The second kappa shape index (κ2) is 7.38. The summed E-state index contributed by atoms with van der Waals surface area (Å²) in [6.07, 6.45) is 2.02. The van der Waals surface area contributed by atoms with Crippen LogP contribution in [0.1, 0.15) is 15.2 Å². The highest BCUT2D eigenvalue weighted by molar-refractivity contribution is 7.98. The number of aliphatic hydroxyl groups is 1. The van der Waals surface area contributed by atoms with Gasteiger partial charge in [-0.05, 0) is 12.3 Å². The SMILES string of the molecule is CSCCN(C)C(=O)c1csc(C#CCO)c1. The third-order valence-electron chi connectivity index (χ3n) is 2.11. The number of hydrogen-bond donors (Lipinski definition) is 1. The zero-order valence-electron chi connectivity index (χ0n) is 9.90. The Bertz CT molecular complexity index is 431. The molecule has 0 bridgehead atoms. The van der Waals surface area contributed by atoms with E-state index in [1.165, 1.54) is 11.3 Å². The first-order valence-electron chi connectivity index (χ1n) is 5.11. The van der Waals surface area contributed by atoms with Crippen molar-refractivity contribution in [3.8, 4) is 11.8 Å².